The summed E-state index contributed by atoms with van der Waals surface area (Å²) in [7, 11) is 1.68. The molecule has 1 heterocycles. The van der Waals surface area contributed by atoms with Gasteiger partial charge in [-0.15, -0.1) is 0 Å². The second-order valence-electron chi connectivity index (χ2n) is 5.79. The molecule has 6 heteroatoms. The summed E-state index contributed by atoms with van der Waals surface area (Å²) < 4.78 is 1.48. The molecule has 2 rings (SSSR count). The van der Waals surface area contributed by atoms with Crippen LogP contribution in [-0.2, 0) is 11.8 Å². The van der Waals surface area contributed by atoms with Gasteiger partial charge in [0, 0.05) is 19.8 Å². The molecule has 0 radical (unpaired) electrons. The van der Waals surface area contributed by atoms with Gasteiger partial charge in [0.25, 0.3) is 5.91 Å². The molecule has 0 aliphatic heterocycles. The minimum Gasteiger partial charge on any atom is -0.481 e. The van der Waals surface area contributed by atoms with Crippen LogP contribution in [0.5, 0.6) is 0 Å². The monoisotopic (exact) mass is 279 g/mol. The molecule has 0 unspecified atom stereocenters. The van der Waals surface area contributed by atoms with Gasteiger partial charge in [0.15, 0.2) is 0 Å². The van der Waals surface area contributed by atoms with Crippen molar-refractivity contribution in [3.63, 3.8) is 0 Å². The topological polar surface area (TPSA) is 84.2 Å². The highest BCUT2D eigenvalue weighted by Crippen LogP contribution is 2.38. The summed E-state index contributed by atoms with van der Waals surface area (Å²) in [6, 6.07) is 1.62. The van der Waals surface area contributed by atoms with Gasteiger partial charge < -0.3 is 10.4 Å². The number of carboxylic acid groups (broad SMARTS) is 1. The average Bonchev–Trinajstić information content (AvgIpc) is 2.84. The van der Waals surface area contributed by atoms with Crippen molar-refractivity contribution in [2.45, 2.75) is 32.6 Å². The van der Waals surface area contributed by atoms with Crippen LogP contribution in [0, 0.1) is 11.3 Å². The van der Waals surface area contributed by atoms with E-state index in [9.17, 15) is 14.7 Å². The molecular formula is C14H21N3O3. The Morgan fingerprint density at radius 2 is 2.15 bits per heavy atom. The Morgan fingerprint density at radius 3 is 2.65 bits per heavy atom. The maximum Gasteiger partial charge on any atom is 0.311 e. The molecule has 1 aliphatic rings. The van der Waals surface area contributed by atoms with E-state index in [0.717, 1.165) is 12.8 Å². The fourth-order valence-electron chi connectivity index (χ4n) is 2.72. The van der Waals surface area contributed by atoms with Gasteiger partial charge in [-0.05, 0) is 37.7 Å². The van der Waals surface area contributed by atoms with Crippen LogP contribution in [0.15, 0.2) is 12.3 Å². The number of nitrogens with zero attached hydrogens (tertiary/aromatic N) is 2. The van der Waals surface area contributed by atoms with Crippen LogP contribution >= 0.6 is 0 Å². The fraction of sp³-hybridized carbons (Fsp3) is 0.643. The van der Waals surface area contributed by atoms with E-state index in [1.54, 1.807) is 19.3 Å². The van der Waals surface area contributed by atoms with Gasteiger partial charge in [-0.25, -0.2) is 0 Å². The van der Waals surface area contributed by atoms with Gasteiger partial charge in [-0.1, -0.05) is 6.92 Å². The SMILES string of the molecule is CC1CCC(CNC(=O)c2ccnn2C)(C(=O)O)CC1. The van der Waals surface area contributed by atoms with Crippen LogP contribution in [0.1, 0.15) is 43.1 Å². The molecule has 0 aromatic carbocycles. The second kappa shape index (κ2) is 5.64. The Balaban J connectivity index is 2.02. The normalized spacial score (nSPS) is 26.2. The van der Waals surface area contributed by atoms with E-state index in [2.05, 4.69) is 17.3 Å². The van der Waals surface area contributed by atoms with Gasteiger partial charge in [-0.3, -0.25) is 14.3 Å². The van der Waals surface area contributed by atoms with Crippen LogP contribution in [0.25, 0.3) is 0 Å². The molecule has 110 valence electrons. The minimum atomic E-state index is -0.819. The zero-order chi connectivity index (χ0) is 14.8. The summed E-state index contributed by atoms with van der Waals surface area (Å²) in [6.45, 7) is 2.32. The first-order valence-corrected chi connectivity index (χ1v) is 6.94. The maximum absolute atomic E-state index is 12.0. The number of hydrogen-bond donors (Lipinski definition) is 2. The summed E-state index contributed by atoms with van der Waals surface area (Å²) in [5.74, 6) is -0.519. The summed E-state index contributed by atoms with van der Waals surface area (Å²) in [5.41, 5.74) is -0.379. The first kappa shape index (κ1) is 14.6. The number of rotatable bonds is 4. The van der Waals surface area contributed by atoms with Crippen LogP contribution in [0.4, 0.5) is 0 Å². The van der Waals surface area contributed by atoms with E-state index < -0.39 is 11.4 Å². The number of amides is 1. The van der Waals surface area contributed by atoms with Crippen molar-refractivity contribution in [3.8, 4) is 0 Å². The van der Waals surface area contributed by atoms with Crippen molar-refractivity contribution >= 4 is 11.9 Å². The predicted octanol–water partition coefficient (Wildman–Crippen LogP) is 1.43. The molecule has 1 saturated carbocycles. The third kappa shape index (κ3) is 2.84. The molecule has 20 heavy (non-hydrogen) atoms. The van der Waals surface area contributed by atoms with Crippen LogP contribution in [0.2, 0.25) is 0 Å². The zero-order valence-corrected chi connectivity index (χ0v) is 11.9. The lowest BCUT2D eigenvalue weighted by atomic mass is 9.71. The molecule has 1 fully saturated rings. The first-order chi connectivity index (χ1) is 9.44. The highest BCUT2D eigenvalue weighted by atomic mass is 16.4. The average molecular weight is 279 g/mol. The number of aromatic nitrogens is 2. The van der Waals surface area contributed by atoms with E-state index in [-0.39, 0.29) is 12.5 Å². The van der Waals surface area contributed by atoms with Crippen LogP contribution in [-0.4, -0.2) is 33.3 Å². The molecule has 2 N–H and O–H groups in total. The zero-order valence-electron chi connectivity index (χ0n) is 11.9. The summed E-state index contributed by atoms with van der Waals surface area (Å²) in [6.07, 6.45) is 4.58. The quantitative estimate of drug-likeness (QED) is 0.873. The van der Waals surface area contributed by atoms with Crippen molar-refractivity contribution < 1.29 is 14.7 Å². The van der Waals surface area contributed by atoms with Crippen molar-refractivity contribution in [1.29, 1.82) is 0 Å². The Bertz CT molecular complexity index is 502. The van der Waals surface area contributed by atoms with Crippen molar-refractivity contribution in [1.82, 2.24) is 15.1 Å². The third-order valence-corrected chi connectivity index (χ3v) is 4.33. The smallest absolute Gasteiger partial charge is 0.311 e. The predicted molar refractivity (Wildman–Crippen MR) is 73.2 cm³/mol. The van der Waals surface area contributed by atoms with E-state index in [4.69, 9.17) is 0 Å². The molecular weight excluding hydrogens is 258 g/mol. The molecule has 0 atom stereocenters. The van der Waals surface area contributed by atoms with Gasteiger partial charge in [0.1, 0.15) is 5.69 Å². The third-order valence-electron chi connectivity index (χ3n) is 4.33. The van der Waals surface area contributed by atoms with Crippen LogP contribution < -0.4 is 5.32 Å². The van der Waals surface area contributed by atoms with Crippen molar-refractivity contribution in [2.24, 2.45) is 18.4 Å². The van der Waals surface area contributed by atoms with E-state index in [1.165, 1.54) is 4.68 Å². The van der Waals surface area contributed by atoms with Crippen LogP contribution in [0.3, 0.4) is 0 Å². The van der Waals surface area contributed by atoms with Gasteiger partial charge in [0.2, 0.25) is 0 Å². The number of carbonyl (C=O) groups excluding carboxylic acids is 1. The molecule has 0 spiro atoms. The van der Waals surface area contributed by atoms with Gasteiger partial charge in [-0.2, -0.15) is 5.10 Å². The molecule has 1 aromatic rings. The second-order valence-corrected chi connectivity index (χ2v) is 5.79. The van der Waals surface area contributed by atoms with Crippen molar-refractivity contribution in [3.05, 3.63) is 18.0 Å². The lowest BCUT2D eigenvalue weighted by Crippen LogP contribution is -2.45. The fourth-order valence-corrected chi connectivity index (χ4v) is 2.72. The molecule has 1 amide bonds. The number of aryl methyl sites for hydroxylation is 1. The Kier molecular flexibility index (Phi) is 4.11. The van der Waals surface area contributed by atoms with E-state index in [0.29, 0.717) is 24.5 Å². The highest BCUT2D eigenvalue weighted by Gasteiger charge is 2.41. The Hall–Kier alpha value is -1.85. The van der Waals surface area contributed by atoms with Crippen molar-refractivity contribution in [2.75, 3.05) is 6.54 Å². The molecule has 1 aromatic heterocycles. The summed E-state index contributed by atoms with van der Waals surface area (Å²) in [4.78, 5) is 23.6. The number of nitrogens with one attached hydrogen (secondary N) is 1. The van der Waals surface area contributed by atoms with Gasteiger partial charge >= 0.3 is 5.97 Å². The largest absolute Gasteiger partial charge is 0.481 e. The molecule has 1 aliphatic carbocycles. The Morgan fingerprint density at radius 1 is 1.50 bits per heavy atom. The number of aliphatic carboxylic acids is 1. The van der Waals surface area contributed by atoms with E-state index >= 15 is 0 Å². The summed E-state index contributed by atoms with van der Waals surface area (Å²) >= 11 is 0. The molecule has 6 nitrogen and oxygen atoms in total. The summed E-state index contributed by atoms with van der Waals surface area (Å²) in [5, 5.41) is 16.2. The highest BCUT2D eigenvalue weighted by molar-refractivity contribution is 5.92. The first-order valence-electron chi connectivity index (χ1n) is 6.94. The maximum atomic E-state index is 12.0. The Labute approximate surface area is 118 Å². The van der Waals surface area contributed by atoms with Gasteiger partial charge in [0.05, 0.1) is 5.41 Å². The number of carbonyl (C=O) groups is 2. The van der Waals surface area contributed by atoms with E-state index in [1.807, 2.05) is 0 Å². The molecule has 0 bridgehead atoms. The minimum absolute atomic E-state index is 0.180. The standard InChI is InChI=1S/C14H21N3O3/c1-10-3-6-14(7-4-10,13(19)20)9-15-12(18)11-5-8-16-17(11)2/h5,8,10H,3-4,6-7,9H2,1-2H3,(H,15,18)(H,19,20). The molecule has 0 saturated heterocycles. The lowest BCUT2D eigenvalue weighted by Gasteiger charge is -2.35. The lowest BCUT2D eigenvalue weighted by molar-refractivity contribution is -0.151. The number of carboxylic acids is 1. The number of hydrogen-bond acceptors (Lipinski definition) is 3.